The van der Waals surface area contributed by atoms with Gasteiger partial charge in [0.1, 0.15) is 0 Å². The first-order valence-electron chi connectivity index (χ1n) is 10.0. The molecule has 2 saturated heterocycles. The van der Waals surface area contributed by atoms with Gasteiger partial charge in [0.05, 0.1) is 0 Å². The molecule has 9 nitrogen and oxygen atoms in total. The van der Waals surface area contributed by atoms with Crippen molar-refractivity contribution < 1.29 is 37.2 Å². The van der Waals surface area contributed by atoms with E-state index in [1.807, 2.05) is 0 Å². The molecule has 2 heterocycles. The van der Waals surface area contributed by atoms with Gasteiger partial charge in [0, 0.05) is 0 Å². The Balaban J connectivity index is 2.17. The number of benzene rings is 2. The van der Waals surface area contributed by atoms with Crippen LogP contribution in [0.5, 0.6) is 0 Å². The Morgan fingerprint density at radius 1 is 0.781 bits per heavy atom. The standard InChI is InChI=1S/C22H26NO8P/c1-23(2)32(28-15-16-29-32)30-21(19(24)26-3,17-11-7-5-8-12-17)22(31-32,20(25)27-4)18-13-9-6-10-14-18/h5-14H,15-16H2,1-4H3. The Kier molecular flexibility index (Phi) is 5.61. The molecule has 0 aromatic heterocycles. The van der Waals surface area contributed by atoms with E-state index in [1.165, 1.54) is 18.9 Å². The summed E-state index contributed by atoms with van der Waals surface area (Å²) in [5.74, 6) is -1.72. The number of rotatable bonds is 5. The molecule has 0 bridgehead atoms. The average molecular weight is 463 g/mol. The summed E-state index contributed by atoms with van der Waals surface area (Å²) in [7, 11) is 1.06. The Bertz CT molecular complexity index is 940. The van der Waals surface area contributed by atoms with Crippen LogP contribution in [0.25, 0.3) is 0 Å². The Morgan fingerprint density at radius 3 is 1.47 bits per heavy atom. The van der Waals surface area contributed by atoms with Gasteiger partial charge in [-0.25, -0.2) is 0 Å². The summed E-state index contributed by atoms with van der Waals surface area (Å²) in [4.78, 5) is 27.4. The zero-order chi connectivity index (χ0) is 23.1. The van der Waals surface area contributed by atoms with Gasteiger partial charge in [-0.3, -0.25) is 0 Å². The second kappa shape index (κ2) is 7.88. The zero-order valence-electron chi connectivity index (χ0n) is 18.3. The summed E-state index contributed by atoms with van der Waals surface area (Å²) < 4.78 is 37.3. The van der Waals surface area contributed by atoms with Gasteiger partial charge >= 0.3 is 186 Å². The predicted molar refractivity (Wildman–Crippen MR) is 115 cm³/mol. The Hall–Kier alpha value is -2.39. The van der Waals surface area contributed by atoms with Crippen molar-refractivity contribution in [1.29, 1.82) is 0 Å². The molecule has 2 aliphatic heterocycles. The Morgan fingerprint density at radius 2 is 1.16 bits per heavy atom. The topological polar surface area (TPSA) is 92.8 Å². The normalized spacial score (nSPS) is 29.3. The van der Waals surface area contributed by atoms with Crippen molar-refractivity contribution >= 4 is 19.6 Å². The predicted octanol–water partition coefficient (Wildman–Crippen LogP) is 2.91. The van der Waals surface area contributed by atoms with Crippen molar-refractivity contribution in [2.45, 2.75) is 11.2 Å². The van der Waals surface area contributed by atoms with Gasteiger partial charge in [0.15, 0.2) is 0 Å². The molecule has 2 aromatic rings. The third kappa shape index (κ3) is 2.80. The molecule has 2 fully saturated rings. The number of nitrogens with zero attached hydrogens (tertiary/aromatic N) is 1. The average Bonchev–Trinajstić information content (AvgIpc) is 3.39. The maximum absolute atomic E-state index is 13.7. The summed E-state index contributed by atoms with van der Waals surface area (Å²) in [6, 6.07) is 17.1. The SMILES string of the molecule is COC(=O)C1(c2ccccc2)OP2(N(C)C)(OCCO2)OC1(C(=O)OC)c1ccccc1. The van der Waals surface area contributed by atoms with Crippen LogP contribution in [0.4, 0.5) is 0 Å². The fourth-order valence-corrected chi connectivity index (χ4v) is 7.67. The molecule has 2 aliphatic rings. The van der Waals surface area contributed by atoms with E-state index in [9.17, 15) is 9.59 Å². The molecule has 0 radical (unpaired) electrons. The number of carbonyl (C=O) groups excluding carboxylic acids is 2. The third-order valence-electron chi connectivity index (χ3n) is 5.73. The van der Waals surface area contributed by atoms with Gasteiger partial charge < -0.3 is 0 Å². The van der Waals surface area contributed by atoms with E-state index >= 15 is 0 Å². The van der Waals surface area contributed by atoms with Gasteiger partial charge in [0.2, 0.25) is 0 Å². The summed E-state index contributed by atoms with van der Waals surface area (Å²) in [6.07, 6.45) is 0. The summed E-state index contributed by atoms with van der Waals surface area (Å²) in [5, 5.41) is 0. The van der Waals surface area contributed by atoms with Crippen LogP contribution < -0.4 is 0 Å². The van der Waals surface area contributed by atoms with E-state index < -0.39 is 30.8 Å². The summed E-state index contributed by atoms with van der Waals surface area (Å²) >= 11 is 0. The van der Waals surface area contributed by atoms with Crippen molar-refractivity contribution in [2.75, 3.05) is 41.5 Å². The zero-order valence-corrected chi connectivity index (χ0v) is 19.2. The van der Waals surface area contributed by atoms with Crippen LogP contribution in [-0.4, -0.2) is 58.1 Å². The van der Waals surface area contributed by atoms with Crippen molar-refractivity contribution in [3.63, 3.8) is 0 Å². The molecule has 1 spiro atoms. The van der Waals surface area contributed by atoms with E-state index in [0.29, 0.717) is 11.1 Å². The second-order valence-corrected chi connectivity index (χ2v) is 10.8. The summed E-state index contributed by atoms with van der Waals surface area (Å²) in [5.41, 5.74) is -3.62. The monoisotopic (exact) mass is 463 g/mol. The van der Waals surface area contributed by atoms with Crippen LogP contribution in [0, 0.1) is 0 Å². The molecule has 2 unspecified atom stereocenters. The quantitative estimate of drug-likeness (QED) is 0.490. The van der Waals surface area contributed by atoms with E-state index in [1.54, 1.807) is 74.8 Å². The number of ether oxygens (including phenoxy) is 2. The van der Waals surface area contributed by atoms with Crippen LogP contribution in [0.1, 0.15) is 11.1 Å². The first-order valence-corrected chi connectivity index (χ1v) is 11.9. The van der Waals surface area contributed by atoms with E-state index in [2.05, 4.69) is 0 Å². The molecular formula is C22H26NO8P. The number of methoxy groups -OCH3 is 2. The first kappa shape index (κ1) is 22.8. The molecular weight excluding hydrogens is 437 g/mol. The van der Waals surface area contributed by atoms with E-state index in [0.717, 1.165) is 0 Å². The van der Waals surface area contributed by atoms with Gasteiger partial charge in [-0.2, -0.15) is 0 Å². The second-order valence-electron chi connectivity index (χ2n) is 7.55. The third-order valence-corrected chi connectivity index (χ3v) is 9.43. The van der Waals surface area contributed by atoms with Gasteiger partial charge in [-0.05, 0) is 0 Å². The molecule has 4 rings (SSSR count). The molecule has 0 saturated carbocycles. The fraction of sp³-hybridized carbons (Fsp3) is 0.364. The minimum absolute atomic E-state index is 0.147. The van der Waals surface area contributed by atoms with Crippen LogP contribution >= 0.6 is 7.66 Å². The van der Waals surface area contributed by atoms with Crippen LogP contribution in [0.3, 0.4) is 0 Å². The van der Waals surface area contributed by atoms with Gasteiger partial charge in [0.25, 0.3) is 0 Å². The number of hydrogen-bond donors (Lipinski definition) is 0. The van der Waals surface area contributed by atoms with Crippen molar-refractivity contribution in [3.05, 3.63) is 71.8 Å². The van der Waals surface area contributed by atoms with Crippen LogP contribution in [0.15, 0.2) is 60.7 Å². The van der Waals surface area contributed by atoms with Gasteiger partial charge in [-0.1, -0.05) is 0 Å². The Labute approximate surface area is 186 Å². The van der Waals surface area contributed by atoms with Crippen molar-refractivity contribution in [2.24, 2.45) is 0 Å². The van der Waals surface area contributed by atoms with Crippen molar-refractivity contribution in [3.8, 4) is 0 Å². The molecule has 0 amide bonds. The summed E-state index contributed by atoms with van der Waals surface area (Å²) in [6.45, 7) is 0.294. The molecule has 32 heavy (non-hydrogen) atoms. The molecule has 2 aromatic carbocycles. The minimum atomic E-state index is -4.67. The number of esters is 2. The van der Waals surface area contributed by atoms with Crippen LogP contribution in [-0.2, 0) is 48.4 Å². The fourth-order valence-electron chi connectivity index (χ4n) is 4.26. The van der Waals surface area contributed by atoms with Crippen molar-refractivity contribution in [1.82, 2.24) is 4.67 Å². The number of hydrogen-bond acceptors (Lipinski definition) is 9. The molecule has 10 heteroatoms. The van der Waals surface area contributed by atoms with Gasteiger partial charge in [-0.15, -0.1) is 0 Å². The van der Waals surface area contributed by atoms with E-state index in [4.69, 9.17) is 27.6 Å². The van der Waals surface area contributed by atoms with E-state index in [-0.39, 0.29) is 13.2 Å². The molecule has 0 N–H and O–H groups in total. The first-order chi connectivity index (χ1) is 15.3. The molecule has 172 valence electrons. The van der Waals surface area contributed by atoms with Crippen LogP contribution in [0.2, 0.25) is 0 Å². The molecule has 0 aliphatic carbocycles. The maximum atomic E-state index is 13.7. The molecule has 2 atom stereocenters. The number of carbonyl (C=O) groups is 2.